The Morgan fingerprint density at radius 3 is 3.00 bits per heavy atom. The van der Waals surface area contributed by atoms with E-state index in [9.17, 15) is 0 Å². The van der Waals surface area contributed by atoms with Crippen LogP contribution < -0.4 is 11.1 Å². The van der Waals surface area contributed by atoms with Gasteiger partial charge in [0.25, 0.3) is 0 Å². The van der Waals surface area contributed by atoms with Gasteiger partial charge in [-0.1, -0.05) is 23.7 Å². The van der Waals surface area contributed by atoms with Crippen molar-refractivity contribution in [1.29, 1.82) is 0 Å². The number of rotatable bonds is 5. The molecule has 134 valence electrons. The Balaban J connectivity index is 1.37. The van der Waals surface area contributed by atoms with Crippen LogP contribution in [0.25, 0.3) is 5.82 Å². The summed E-state index contributed by atoms with van der Waals surface area (Å²) in [5.74, 6) is 1.57. The normalized spacial score (nSPS) is 14.2. The molecule has 0 radical (unpaired) electrons. The number of nitrogens with zero attached hydrogens (tertiary/aromatic N) is 5. The SMILES string of the molecule is Nc1nc(NCCN2CCc3c(Cl)cccc3C2)cc(-n2cccn2)n1. The fourth-order valence-electron chi connectivity index (χ4n) is 3.22. The third kappa shape index (κ3) is 3.63. The van der Waals surface area contributed by atoms with Crippen LogP contribution in [0.3, 0.4) is 0 Å². The first-order valence-electron chi connectivity index (χ1n) is 8.56. The van der Waals surface area contributed by atoms with Crippen molar-refractivity contribution in [3.05, 3.63) is 58.9 Å². The molecule has 0 unspecified atom stereocenters. The number of hydrogen-bond donors (Lipinski definition) is 2. The lowest BCUT2D eigenvalue weighted by molar-refractivity contribution is 0.264. The number of anilines is 2. The molecule has 8 heteroatoms. The molecular formula is C18H20ClN7. The van der Waals surface area contributed by atoms with Gasteiger partial charge >= 0.3 is 0 Å². The van der Waals surface area contributed by atoms with Gasteiger partial charge in [-0.15, -0.1) is 0 Å². The predicted octanol–water partition coefficient (Wildman–Crippen LogP) is 2.37. The smallest absolute Gasteiger partial charge is 0.224 e. The summed E-state index contributed by atoms with van der Waals surface area (Å²) in [7, 11) is 0. The molecule has 2 aromatic heterocycles. The first-order chi connectivity index (χ1) is 12.7. The highest BCUT2D eigenvalue weighted by atomic mass is 35.5. The fraction of sp³-hybridized carbons (Fsp3) is 0.278. The lowest BCUT2D eigenvalue weighted by Crippen LogP contribution is -2.34. The Hall–Kier alpha value is -2.64. The monoisotopic (exact) mass is 369 g/mol. The van der Waals surface area contributed by atoms with Crippen molar-refractivity contribution in [3.8, 4) is 5.82 Å². The molecule has 3 heterocycles. The first kappa shape index (κ1) is 16.8. The Labute approximate surface area is 156 Å². The first-order valence-corrected chi connectivity index (χ1v) is 8.94. The van der Waals surface area contributed by atoms with Crippen molar-refractivity contribution in [2.24, 2.45) is 0 Å². The van der Waals surface area contributed by atoms with Gasteiger partial charge in [-0.2, -0.15) is 15.1 Å². The van der Waals surface area contributed by atoms with Gasteiger partial charge in [-0.3, -0.25) is 4.90 Å². The molecule has 7 nitrogen and oxygen atoms in total. The zero-order valence-corrected chi connectivity index (χ0v) is 15.0. The van der Waals surface area contributed by atoms with Crippen molar-refractivity contribution in [2.45, 2.75) is 13.0 Å². The largest absolute Gasteiger partial charge is 0.369 e. The average Bonchev–Trinajstić information content (AvgIpc) is 3.16. The molecule has 0 saturated heterocycles. The van der Waals surface area contributed by atoms with Crippen molar-refractivity contribution < 1.29 is 0 Å². The van der Waals surface area contributed by atoms with Crippen LogP contribution in [0.4, 0.5) is 11.8 Å². The molecule has 0 spiro atoms. The van der Waals surface area contributed by atoms with Crippen LogP contribution in [0.2, 0.25) is 5.02 Å². The third-order valence-electron chi connectivity index (χ3n) is 4.49. The van der Waals surface area contributed by atoms with Crippen LogP contribution in [0, 0.1) is 0 Å². The molecule has 0 saturated carbocycles. The highest BCUT2D eigenvalue weighted by molar-refractivity contribution is 6.31. The van der Waals surface area contributed by atoms with E-state index in [-0.39, 0.29) is 5.95 Å². The molecule has 1 aliphatic rings. The van der Waals surface area contributed by atoms with Crippen molar-refractivity contribution in [1.82, 2.24) is 24.6 Å². The Morgan fingerprint density at radius 2 is 2.15 bits per heavy atom. The molecular weight excluding hydrogens is 350 g/mol. The number of nitrogen functional groups attached to an aromatic ring is 1. The highest BCUT2D eigenvalue weighted by Gasteiger charge is 2.17. The molecule has 26 heavy (non-hydrogen) atoms. The van der Waals surface area contributed by atoms with Crippen LogP contribution in [0.1, 0.15) is 11.1 Å². The summed E-state index contributed by atoms with van der Waals surface area (Å²) in [6.45, 7) is 3.60. The van der Waals surface area contributed by atoms with Crippen LogP contribution in [-0.4, -0.2) is 44.3 Å². The Morgan fingerprint density at radius 1 is 1.23 bits per heavy atom. The van der Waals surface area contributed by atoms with Crippen LogP contribution in [0.5, 0.6) is 0 Å². The second-order valence-electron chi connectivity index (χ2n) is 6.25. The maximum absolute atomic E-state index is 6.28. The molecule has 0 fully saturated rings. The lowest BCUT2D eigenvalue weighted by atomic mass is 10.00. The van der Waals surface area contributed by atoms with E-state index in [0.717, 1.165) is 37.6 Å². The second-order valence-corrected chi connectivity index (χ2v) is 6.66. The van der Waals surface area contributed by atoms with Gasteiger partial charge in [0.1, 0.15) is 5.82 Å². The second kappa shape index (κ2) is 7.31. The van der Waals surface area contributed by atoms with Gasteiger partial charge in [0.05, 0.1) is 0 Å². The summed E-state index contributed by atoms with van der Waals surface area (Å²) in [5.41, 5.74) is 8.42. The summed E-state index contributed by atoms with van der Waals surface area (Å²) >= 11 is 6.28. The molecule has 4 rings (SSSR count). The minimum Gasteiger partial charge on any atom is -0.369 e. The molecule has 0 bridgehead atoms. The van der Waals surface area contributed by atoms with Gasteiger partial charge in [-0.05, 0) is 29.7 Å². The summed E-state index contributed by atoms with van der Waals surface area (Å²) < 4.78 is 1.66. The number of benzene rings is 1. The topological polar surface area (TPSA) is 84.9 Å². The van der Waals surface area contributed by atoms with Gasteiger partial charge in [0, 0.05) is 49.7 Å². The quantitative estimate of drug-likeness (QED) is 0.718. The van der Waals surface area contributed by atoms with Crippen molar-refractivity contribution in [2.75, 3.05) is 30.7 Å². The van der Waals surface area contributed by atoms with Gasteiger partial charge in [0.2, 0.25) is 5.95 Å². The van der Waals surface area contributed by atoms with Crippen LogP contribution >= 0.6 is 11.6 Å². The van der Waals surface area contributed by atoms with E-state index in [4.69, 9.17) is 17.3 Å². The standard InChI is InChI=1S/C18H20ClN7/c19-15-4-1-3-13-12-25(9-5-14(13)15)10-7-21-16-11-17(24-18(20)23-16)26-8-2-6-22-26/h1-4,6,8,11H,5,7,9-10,12H2,(H3,20,21,23,24). The average molecular weight is 370 g/mol. The molecule has 0 amide bonds. The molecule has 0 atom stereocenters. The van der Waals surface area contributed by atoms with Crippen LogP contribution in [0.15, 0.2) is 42.7 Å². The number of fused-ring (bicyclic) bond motifs is 1. The molecule has 3 aromatic rings. The van der Waals surface area contributed by atoms with Gasteiger partial charge in [-0.25, -0.2) is 4.68 Å². The fourth-order valence-corrected chi connectivity index (χ4v) is 3.51. The molecule has 0 aliphatic carbocycles. The molecule has 3 N–H and O–H groups in total. The minimum atomic E-state index is 0.224. The van der Waals surface area contributed by atoms with Gasteiger partial charge < -0.3 is 11.1 Å². The number of aromatic nitrogens is 4. The van der Waals surface area contributed by atoms with Gasteiger partial charge in [0.15, 0.2) is 5.82 Å². The predicted molar refractivity (Wildman–Crippen MR) is 102 cm³/mol. The van der Waals surface area contributed by atoms with E-state index in [1.54, 1.807) is 10.9 Å². The number of nitrogens with two attached hydrogens (primary N) is 1. The minimum absolute atomic E-state index is 0.224. The van der Waals surface area contributed by atoms with E-state index in [1.807, 2.05) is 30.5 Å². The Bertz CT molecular complexity index is 895. The molecule has 1 aromatic carbocycles. The van der Waals surface area contributed by atoms with E-state index in [1.165, 1.54) is 11.1 Å². The number of hydrogen-bond acceptors (Lipinski definition) is 6. The van der Waals surface area contributed by atoms with Crippen molar-refractivity contribution in [3.63, 3.8) is 0 Å². The summed E-state index contributed by atoms with van der Waals surface area (Å²) in [6, 6.07) is 9.82. The van der Waals surface area contributed by atoms with Crippen LogP contribution in [-0.2, 0) is 13.0 Å². The number of nitrogens with one attached hydrogen (secondary N) is 1. The zero-order chi connectivity index (χ0) is 17.9. The van der Waals surface area contributed by atoms with E-state index in [0.29, 0.717) is 11.6 Å². The van der Waals surface area contributed by atoms with E-state index < -0.39 is 0 Å². The third-order valence-corrected chi connectivity index (χ3v) is 4.85. The van der Waals surface area contributed by atoms with E-state index in [2.05, 4.69) is 31.3 Å². The number of halogens is 1. The van der Waals surface area contributed by atoms with E-state index >= 15 is 0 Å². The lowest BCUT2D eigenvalue weighted by Gasteiger charge is -2.29. The maximum atomic E-state index is 6.28. The highest BCUT2D eigenvalue weighted by Crippen LogP contribution is 2.25. The summed E-state index contributed by atoms with van der Waals surface area (Å²) in [5, 5.41) is 8.38. The zero-order valence-electron chi connectivity index (χ0n) is 14.3. The maximum Gasteiger partial charge on any atom is 0.224 e. The molecule has 1 aliphatic heterocycles. The summed E-state index contributed by atoms with van der Waals surface area (Å²) in [4.78, 5) is 10.9. The Kier molecular flexibility index (Phi) is 4.73. The summed E-state index contributed by atoms with van der Waals surface area (Å²) in [6.07, 6.45) is 4.51. The van der Waals surface area contributed by atoms with Crippen molar-refractivity contribution >= 4 is 23.4 Å².